The summed E-state index contributed by atoms with van der Waals surface area (Å²) in [6, 6.07) is 3.96. The maximum atomic E-state index is 10.8. The Morgan fingerprint density at radius 2 is 2.29 bits per heavy atom. The summed E-state index contributed by atoms with van der Waals surface area (Å²) in [4.78, 5) is 20.7. The molecule has 0 aliphatic carbocycles. The minimum atomic E-state index is -1.11. The Morgan fingerprint density at radius 3 is 2.82 bits per heavy atom. The molecule has 0 spiro atoms. The molecular formula is C11H11NO5. The first-order chi connectivity index (χ1) is 8.04. The van der Waals surface area contributed by atoms with E-state index in [1.807, 2.05) is 0 Å². The summed E-state index contributed by atoms with van der Waals surface area (Å²) in [5.74, 6) is -0.914. The van der Waals surface area contributed by atoms with Gasteiger partial charge in [0.25, 0.3) is 0 Å². The number of ether oxygens (including phenoxy) is 1. The van der Waals surface area contributed by atoms with Crippen LogP contribution in [0, 0.1) is 10.1 Å². The third-order valence-electron chi connectivity index (χ3n) is 1.97. The highest BCUT2D eigenvalue weighted by atomic mass is 16.6. The second-order valence-electron chi connectivity index (χ2n) is 3.22. The van der Waals surface area contributed by atoms with E-state index < -0.39 is 17.4 Å². The van der Waals surface area contributed by atoms with Gasteiger partial charge >= 0.3 is 5.97 Å². The lowest BCUT2D eigenvalue weighted by Crippen LogP contribution is -2.05. The molecule has 0 aromatic heterocycles. The first kappa shape index (κ1) is 12.7. The molecular weight excluding hydrogens is 226 g/mol. The van der Waals surface area contributed by atoms with E-state index in [-0.39, 0.29) is 17.9 Å². The average Bonchev–Trinajstić information content (AvgIpc) is 2.26. The molecule has 0 heterocycles. The highest BCUT2D eigenvalue weighted by molar-refractivity contribution is 5.88. The maximum absolute atomic E-state index is 10.8. The van der Waals surface area contributed by atoms with Crippen molar-refractivity contribution in [2.24, 2.45) is 0 Å². The Morgan fingerprint density at radius 1 is 1.59 bits per heavy atom. The zero-order valence-corrected chi connectivity index (χ0v) is 8.96. The topological polar surface area (TPSA) is 89.7 Å². The van der Waals surface area contributed by atoms with Gasteiger partial charge in [-0.15, -0.1) is 0 Å². The standard InChI is InChI=1S/C11H11NO5/c1-2-5-17-10-6-8(11(13)14)3-4-9(10)7-12(15)16/h2-4,6H,1,5,7H2,(H,13,14). The van der Waals surface area contributed by atoms with E-state index in [1.54, 1.807) is 0 Å². The van der Waals surface area contributed by atoms with E-state index in [0.717, 1.165) is 0 Å². The first-order valence-electron chi connectivity index (χ1n) is 4.76. The molecule has 1 rings (SSSR count). The van der Waals surface area contributed by atoms with Crippen LogP contribution in [0.3, 0.4) is 0 Å². The molecule has 17 heavy (non-hydrogen) atoms. The summed E-state index contributed by atoms with van der Waals surface area (Å²) >= 11 is 0. The normalized spacial score (nSPS) is 9.65. The summed E-state index contributed by atoms with van der Waals surface area (Å²) in [5.41, 5.74) is 0.359. The van der Waals surface area contributed by atoms with Crippen molar-refractivity contribution < 1.29 is 19.6 Å². The van der Waals surface area contributed by atoms with Crippen molar-refractivity contribution in [3.05, 3.63) is 52.1 Å². The Balaban J connectivity index is 3.06. The van der Waals surface area contributed by atoms with Gasteiger partial charge in [-0.3, -0.25) is 10.1 Å². The van der Waals surface area contributed by atoms with Crippen molar-refractivity contribution in [3.8, 4) is 5.75 Å². The molecule has 0 saturated heterocycles. The number of nitro groups is 1. The van der Waals surface area contributed by atoms with Crippen LogP contribution in [0.15, 0.2) is 30.9 Å². The van der Waals surface area contributed by atoms with Gasteiger partial charge in [0.2, 0.25) is 6.54 Å². The number of benzene rings is 1. The fourth-order valence-electron chi connectivity index (χ4n) is 1.24. The van der Waals surface area contributed by atoms with Crippen LogP contribution in [0.5, 0.6) is 5.75 Å². The zero-order valence-electron chi connectivity index (χ0n) is 8.96. The summed E-state index contributed by atoms with van der Waals surface area (Å²) in [7, 11) is 0. The second kappa shape index (κ2) is 5.64. The minimum Gasteiger partial charge on any atom is -0.489 e. The van der Waals surface area contributed by atoms with E-state index in [2.05, 4.69) is 6.58 Å². The summed E-state index contributed by atoms with van der Waals surface area (Å²) < 4.78 is 5.19. The highest BCUT2D eigenvalue weighted by Crippen LogP contribution is 2.21. The molecule has 1 aromatic carbocycles. The number of nitrogens with zero attached hydrogens (tertiary/aromatic N) is 1. The number of hydrogen-bond acceptors (Lipinski definition) is 4. The van der Waals surface area contributed by atoms with Crippen molar-refractivity contribution in [1.82, 2.24) is 0 Å². The quantitative estimate of drug-likeness (QED) is 0.462. The van der Waals surface area contributed by atoms with E-state index in [9.17, 15) is 14.9 Å². The minimum absolute atomic E-state index is 0.0242. The molecule has 6 nitrogen and oxygen atoms in total. The van der Waals surface area contributed by atoms with Crippen molar-refractivity contribution in [2.45, 2.75) is 6.54 Å². The number of carboxylic acid groups (broad SMARTS) is 1. The molecule has 0 bridgehead atoms. The molecule has 0 atom stereocenters. The van der Waals surface area contributed by atoms with Crippen LogP contribution in [-0.2, 0) is 6.54 Å². The van der Waals surface area contributed by atoms with Crippen LogP contribution in [0.4, 0.5) is 0 Å². The predicted molar refractivity (Wildman–Crippen MR) is 59.8 cm³/mol. The van der Waals surface area contributed by atoms with Gasteiger partial charge in [0.05, 0.1) is 11.1 Å². The van der Waals surface area contributed by atoms with Gasteiger partial charge in [-0.1, -0.05) is 12.7 Å². The Bertz CT molecular complexity index is 455. The third kappa shape index (κ3) is 3.60. The van der Waals surface area contributed by atoms with E-state index >= 15 is 0 Å². The molecule has 0 saturated carbocycles. The number of aromatic carboxylic acids is 1. The lowest BCUT2D eigenvalue weighted by atomic mass is 10.1. The molecule has 0 aliphatic rings. The van der Waals surface area contributed by atoms with E-state index in [0.29, 0.717) is 5.56 Å². The van der Waals surface area contributed by atoms with Gasteiger partial charge in [-0.2, -0.15) is 0 Å². The molecule has 0 unspecified atom stereocenters. The number of hydrogen-bond donors (Lipinski definition) is 1. The molecule has 1 N–H and O–H groups in total. The summed E-state index contributed by atoms with van der Waals surface area (Å²) in [5, 5.41) is 19.2. The van der Waals surface area contributed by atoms with Crippen molar-refractivity contribution >= 4 is 5.97 Å². The second-order valence-corrected chi connectivity index (χ2v) is 3.22. The highest BCUT2D eigenvalue weighted by Gasteiger charge is 2.13. The van der Waals surface area contributed by atoms with Gasteiger partial charge < -0.3 is 9.84 Å². The maximum Gasteiger partial charge on any atom is 0.335 e. The molecule has 90 valence electrons. The van der Waals surface area contributed by atoms with Gasteiger partial charge in [0.15, 0.2) is 0 Å². The van der Waals surface area contributed by atoms with Gasteiger partial charge in [0, 0.05) is 4.92 Å². The lowest BCUT2D eigenvalue weighted by Gasteiger charge is -2.08. The number of carboxylic acids is 1. The van der Waals surface area contributed by atoms with Crippen LogP contribution in [0.25, 0.3) is 0 Å². The fourth-order valence-corrected chi connectivity index (χ4v) is 1.24. The van der Waals surface area contributed by atoms with Gasteiger partial charge in [-0.25, -0.2) is 4.79 Å². The predicted octanol–water partition coefficient (Wildman–Crippen LogP) is 1.73. The third-order valence-corrected chi connectivity index (χ3v) is 1.97. The first-order valence-corrected chi connectivity index (χ1v) is 4.76. The molecule has 0 amide bonds. The molecule has 0 aliphatic heterocycles. The van der Waals surface area contributed by atoms with Crippen LogP contribution in [0.1, 0.15) is 15.9 Å². The van der Waals surface area contributed by atoms with Crippen LogP contribution in [-0.4, -0.2) is 22.6 Å². The molecule has 0 fully saturated rings. The van der Waals surface area contributed by atoms with Gasteiger partial charge in [0.1, 0.15) is 12.4 Å². The van der Waals surface area contributed by atoms with Gasteiger partial charge in [-0.05, 0) is 18.2 Å². The molecule has 0 radical (unpaired) electrons. The van der Waals surface area contributed by atoms with Crippen LogP contribution in [0.2, 0.25) is 0 Å². The smallest absolute Gasteiger partial charge is 0.335 e. The largest absolute Gasteiger partial charge is 0.489 e. The summed E-state index contributed by atoms with van der Waals surface area (Å²) in [6.07, 6.45) is 1.48. The summed E-state index contributed by atoms with van der Waals surface area (Å²) in [6.45, 7) is 3.20. The Kier molecular flexibility index (Phi) is 4.21. The van der Waals surface area contributed by atoms with E-state index in [4.69, 9.17) is 9.84 Å². The van der Waals surface area contributed by atoms with E-state index in [1.165, 1.54) is 24.3 Å². The van der Waals surface area contributed by atoms with Crippen LogP contribution < -0.4 is 4.74 Å². The number of rotatable bonds is 6. The van der Waals surface area contributed by atoms with Crippen molar-refractivity contribution in [3.63, 3.8) is 0 Å². The zero-order chi connectivity index (χ0) is 12.8. The monoisotopic (exact) mass is 237 g/mol. The van der Waals surface area contributed by atoms with Crippen LogP contribution >= 0.6 is 0 Å². The fraction of sp³-hybridized carbons (Fsp3) is 0.182. The van der Waals surface area contributed by atoms with Crippen molar-refractivity contribution in [1.29, 1.82) is 0 Å². The molecule has 1 aromatic rings. The molecule has 6 heteroatoms. The average molecular weight is 237 g/mol. The lowest BCUT2D eigenvalue weighted by molar-refractivity contribution is -0.496. The Labute approximate surface area is 97.3 Å². The number of carbonyl (C=O) groups is 1. The van der Waals surface area contributed by atoms with Crippen molar-refractivity contribution in [2.75, 3.05) is 6.61 Å². The Hall–Kier alpha value is -2.37. The SMILES string of the molecule is C=CCOc1cc(C(=O)O)ccc1C[N+](=O)[O-].